The smallest absolute Gasteiger partial charge is 0.330 e. The predicted molar refractivity (Wildman–Crippen MR) is 102 cm³/mol. The van der Waals surface area contributed by atoms with Crippen molar-refractivity contribution in [2.45, 2.75) is 11.8 Å². The second-order valence-electron chi connectivity index (χ2n) is 5.27. The van der Waals surface area contributed by atoms with Crippen molar-refractivity contribution in [2.75, 3.05) is 6.61 Å². The van der Waals surface area contributed by atoms with E-state index in [0.717, 1.165) is 3.97 Å². The lowest BCUT2D eigenvalue weighted by Crippen LogP contribution is -2.15. The molecule has 0 aliphatic heterocycles. The van der Waals surface area contributed by atoms with E-state index in [1.54, 1.807) is 37.3 Å². The summed E-state index contributed by atoms with van der Waals surface area (Å²) in [7, 11) is -3.90. The van der Waals surface area contributed by atoms with Crippen molar-refractivity contribution in [2.24, 2.45) is 0 Å². The number of aromatic nitrogens is 2. The molecule has 0 spiro atoms. The summed E-state index contributed by atoms with van der Waals surface area (Å²) in [4.78, 5) is 16.0. The van der Waals surface area contributed by atoms with Gasteiger partial charge in [-0.2, -0.15) is 0 Å². The number of hydrogen-bond donors (Lipinski definition) is 0. The number of esters is 1. The molecule has 0 unspecified atom stereocenters. The van der Waals surface area contributed by atoms with Gasteiger partial charge < -0.3 is 4.74 Å². The van der Waals surface area contributed by atoms with Gasteiger partial charge in [-0.1, -0.05) is 18.2 Å². The fourth-order valence-corrected chi connectivity index (χ4v) is 4.36. The molecular formula is C18H15BrN2O4S. The lowest BCUT2D eigenvalue weighted by molar-refractivity contribution is -0.137. The van der Waals surface area contributed by atoms with Crippen LogP contribution in [0.25, 0.3) is 17.1 Å². The van der Waals surface area contributed by atoms with Gasteiger partial charge in [-0.25, -0.2) is 22.2 Å². The quantitative estimate of drug-likeness (QED) is 0.452. The molecule has 0 aliphatic carbocycles. The number of pyridine rings is 1. The van der Waals surface area contributed by atoms with Crippen molar-refractivity contribution in [1.29, 1.82) is 0 Å². The number of benzene rings is 1. The summed E-state index contributed by atoms with van der Waals surface area (Å²) in [6.07, 6.45) is 4.12. The number of carbonyl (C=O) groups is 1. The largest absolute Gasteiger partial charge is 0.463 e. The van der Waals surface area contributed by atoms with Crippen LogP contribution in [-0.4, -0.2) is 30.0 Å². The molecule has 1 aromatic carbocycles. The number of fused-ring (bicyclic) bond motifs is 1. The molecule has 6 nitrogen and oxygen atoms in total. The van der Waals surface area contributed by atoms with Crippen LogP contribution in [-0.2, 0) is 19.6 Å². The maximum absolute atomic E-state index is 13.2. The summed E-state index contributed by atoms with van der Waals surface area (Å²) < 4.78 is 33.0. The van der Waals surface area contributed by atoms with Crippen molar-refractivity contribution in [1.82, 2.24) is 8.96 Å². The summed E-state index contributed by atoms with van der Waals surface area (Å²) in [5.41, 5.74) is 0.572. The first-order valence-electron chi connectivity index (χ1n) is 7.76. The monoisotopic (exact) mass is 434 g/mol. The van der Waals surface area contributed by atoms with Gasteiger partial charge in [0, 0.05) is 22.1 Å². The Hall–Kier alpha value is -2.45. The first kappa shape index (κ1) is 18.3. The van der Waals surface area contributed by atoms with Crippen LogP contribution in [0.1, 0.15) is 12.6 Å². The van der Waals surface area contributed by atoms with Crippen LogP contribution in [0, 0.1) is 0 Å². The third-order valence-corrected chi connectivity index (χ3v) is 6.02. The maximum atomic E-state index is 13.2. The van der Waals surface area contributed by atoms with Crippen molar-refractivity contribution in [3.8, 4) is 0 Å². The highest BCUT2D eigenvalue weighted by Crippen LogP contribution is 2.29. The van der Waals surface area contributed by atoms with Gasteiger partial charge in [-0.05, 0) is 53.2 Å². The molecule has 0 atom stereocenters. The molecule has 2 heterocycles. The first-order valence-corrected chi connectivity index (χ1v) is 10.00. The van der Waals surface area contributed by atoms with Crippen LogP contribution >= 0.6 is 15.9 Å². The molecule has 0 amide bonds. The molecule has 0 bridgehead atoms. The van der Waals surface area contributed by atoms with Gasteiger partial charge in [-0.15, -0.1) is 0 Å². The van der Waals surface area contributed by atoms with E-state index < -0.39 is 16.0 Å². The Morgan fingerprint density at radius 1 is 1.27 bits per heavy atom. The van der Waals surface area contributed by atoms with Gasteiger partial charge in [0.2, 0.25) is 0 Å². The van der Waals surface area contributed by atoms with E-state index in [4.69, 9.17) is 4.74 Å². The van der Waals surface area contributed by atoms with Crippen LogP contribution in [0.2, 0.25) is 0 Å². The van der Waals surface area contributed by atoms with Gasteiger partial charge in [0.1, 0.15) is 0 Å². The normalized spacial score (nSPS) is 11.9. The molecule has 0 saturated heterocycles. The summed E-state index contributed by atoms with van der Waals surface area (Å²) >= 11 is 3.41. The molecule has 0 aliphatic rings. The average molecular weight is 435 g/mol. The average Bonchev–Trinajstić information content (AvgIpc) is 3.02. The minimum atomic E-state index is -3.90. The van der Waals surface area contributed by atoms with Crippen molar-refractivity contribution >= 4 is 49.0 Å². The molecular weight excluding hydrogens is 420 g/mol. The molecule has 3 aromatic rings. The zero-order valence-electron chi connectivity index (χ0n) is 13.8. The summed E-state index contributed by atoms with van der Waals surface area (Å²) in [5, 5.41) is 0.621. The third kappa shape index (κ3) is 3.42. The zero-order valence-corrected chi connectivity index (χ0v) is 16.2. The van der Waals surface area contributed by atoms with E-state index >= 15 is 0 Å². The Morgan fingerprint density at radius 2 is 2.00 bits per heavy atom. The van der Waals surface area contributed by atoms with Crippen LogP contribution in [0.5, 0.6) is 0 Å². The van der Waals surface area contributed by atoms with E-state index in [2.05, 4.69) is 20.9 Å². The minimum Gasteiger partial charge on any atom is -0.463 e. The van der Waals surface area contributed by atoms with Crippen molar-refractivity contribution < 1.29 is 17.9 Å². The minimum absolute atomic E-state index is 0.130. The summed E-state index contributed by atoms with van der Waals surface area (Å²) in [6, 6.07) is 11.4. The predicted octanol–water partition coefficient (Wildman–Crippen LogP) is 3.61. The Balaban J connectivity index is 2.24. The summed E-state index contributed by atoms with van der Waals surface area (Å²) in [6.45, 7) is 1.94. The van der Waals surface area contributed by atoms with Crippen LogP contribution in [0.15, 0.2) is 64.1 Å². The first-order chi connectivity index (χ1) is 12.4. The van der Waals surface area contributed by atoms with Gasteiger partial charge in [0.15, 0.2) is 5.65 Å². The van der Waals surface area contributed by atoms with Crippen molar-refractivity contribution in [3.05, 3.63) is 64.9 Å². The Kier molecular flexibility index (Phi) is 5.24. The fourth-order valence-electron chi connectivity index (χ4n) is 2.47. The lowest BCUT2D eigenvalue weighted by Gasteiger charge is -2.09. The Labute approximate surface area is 159 Å². The fraction of sp³-hybridized carbons (Fsp3) is 0.111. The molecule has 0 radical (unpaired) electrons. The summed E-state index contributed by atoms with van der Waals surface area (Å²) in [5.74, 6) is -0.548. The van der Waals surface area contributed by atoms with E-state index in [1.807, 2.05) is 0 Å². The number of carbonyl (C=O) groups excluding carboxylic acids is 1. The van der Waals surface area contributed by atoms with E-state index in [1.165, 1.54) is 30.5 Å². The highest BCUT2D eigenvalue weighted by molar-refractivity contribution is 9.10. The van der Waals surface area contributed by atoms with Crippen LogP contribution < -0.4 is 0 Å². The second-order valence-corrected chi connectivity index (χ2v) is 7.91. The molecule has 26 heavy (non-hydrogen) atoms. The highest BCUT2D eigenvalue weighted by Gasteiger charge is 2.23. The van der Waals surface area contributed by atoms with Gasteiger partial charge in [0.05, 0.1) is 17.2 Å². The highest BCUT2D eigenvalue weighted by atomic mass is 79.9. The van der Waals surface area contributed by atoms with E-state index in [9.17, 15) is 13.2 Å². The van der Waals surface area contributed by atoms with Gasteiger partial charge in [-0.3, -0.25) is 0 Å². The number of rotatable bonds is 5. The third-order valence-electron chi connectivity index (χ3n) is 3.59. The Morgan fingerprint density at radius 3 is 2.69 bits per heavy atom. The van der Waals surface area contributed by atoms with Crippen LogP contribution in [0.4, 0.5) is 0 Å². The lowest BCUT2D eigenvalue weighted by atomic mass is 10.3. The zero-order chi connectivity index (χ0) is 18.7. The standard InChI is InChI=1S/C18H15BrN2O4S/c1-2-25-17(22)9-8-13-12-15-16(19)10-11-20-18(15)21(13)26(23,24)14-6-4-3-5-7-14/h3-12H,2H2,1H3/b9-8+. The molecule has 8 heteroatoms. The van der Waals surface area contributed by atoms with Crippen LogP contribution in [0.3, 0.4) is 0 Å². The van der Waals surface area contributed by atoms with Crippen molar-refractivity contribution in [3.63, 3.8) is 0 Å². The number of halogens is 1. The molecule has 2 aromatic heterocycles. The Bertz CT molecular complexity index is 1090. The van der Waals surface area contributed by atoms with E-state index in [0.29, 0.717) is 15.6 Å². The van der Waals surface area contributed by atoms with E-state index in [-0.39, 0.29) is 17.1 Å². The number of hydrogen-bond acceptors (Lipinski definition) is 5. The molecule has 0 saturated carbocycles. The maximum Gasteiger partial charge on any atom is 0.330 e. The molecule has 3 rings (SSSR count). The van der Waals surface area contributed by atoms with Gasteiger partial charge in [0.25, 0.3) is 10.0 Å². The topological polar surface area (TPSA) is 78.3 Å². The molecule has 0 N–H and O–H groups in total. The second kappa shape index (κ2) is 7.43. The molecule has 0 fully saturated rings. The molecule has 134 valence electrons. The number of ether oxygens (including phenoxy) is 1. The number of nitrogens with zero attached hydrogens (tertiary/aromatic N) is 2. The van der Waals surface area contributed by atoms with Gasteiger partial charge >= 0.3 is 5.97 Å². The SMILES string of the molecule is CCOC(=O)/C=C/c1cc2c(Br)ccnc2n1S(=O)(=O)c1ccccc1.